The van der Waals surface area contributed by atoms with Gasteiger partial charge in [0.2, 0.25) is 0 Å². The largest absolute Gasteiger partial charge is 0.123 e. The van der Waals surface area contributed by atoms with Crippen molar-refractivity contribution < 1.29 is 0 Å². The molecule has 21 heavy (non-hydrogen) atoms. The molecule has 0 aliphatic carbocycles. The Balaban J connectivity index is 2.11. The van der Waals surface area contributed by atoms with Gasteiger partial charge in [0.25, 0.3) is 0 Å². The number of halogens is 2. The summed E-state index contributed by atoms with van der Waals surface area (Å²) in [6.45, 7) is 0. The van der Waals surface area contributed by atoms with E-state index < -0.39 is 0 Å². The lowest BCUT2D eigenvalue weighted by molar-refractivity contribution is 1.75. The van der Waals surface area contributed by atoms with E-state index in [-0.39, 0.29) is 0 Å². The van der Waals surface area contributed by atoms with Crippen LogP contribution in [0.3, 0.4) is 0 Å². The van der Waals surface area contributed by atoms with Crippen LogP contribution in [-0.2, 0) is 0 Å². The lowest BCUT2D eigenvalue weighted by Crippen LogP contribution is -1.81. The van der Waals surface area contributed by atoms with Crippen molar-refractivity contribution in [1.29, 1.82) is 0 Å². The normalized spacial score (nSPS) is 11.3. The van der Waals surface area contributed by atoms with E-state index in [2.05, 4.69) is 36.4 Å². The Morgan fingerprint density at radius 1 is 0.714 bits per heavy atom. The zero-order valence-electron chi connectivity index (χ0n) is 10.9. The topological polar surface area (TPSA) is 0 Å². The Kier molecular flexibility index (Phi) is 3.15. The van der Waals surface area contributed by atoms with Crippen LogP contribution in [0.25, 0.3) is 32.0 Å². The molecular formula is C18H10Cl2S. The Hall–Kier alpha value is -1.54. The highest BCUT2D eigenvalue weighted by atomic mass is 35.5. The van der Waals surface area contributed by atoms with E-state index in [0.29, 0.717) is 0 Å². The van der Waals surface area contributed by atoms with Crippen LogP contribution in [0.2, 0.25) is 9.36 Å². The molecule has 0 radical (unpaired) electrons. The molecule has 0 saturated carbocycles. The maximum absolute atomic E-state index is 6.30. The Morgan fingerprint density at radius 2 is 1.48 bits per heavy atom. The van der Waals surface area contributed by atoms with Crippen molar-refractivity contribution in [2.45, 2.75) is 0 Å². The zero-order valence-corrected chi connectivity index (χ0v) is 13.3. The van der Waals surface area contributed by atoms with Crippen LogP contribution < -0.4 is 0 Å². The maximum atomic E-state index is 6.30. The Morgan fingerprint density at radius 3 is 2.19 bits per heavy atom. The Labute approximate surface area is 136 Å². The van der Waals surface area contributed by atoms with Gasteiger partial charge in [0, 0.05) is 15.5 Å². The number of fused-ring (bicyclic) bond motifs is 2. The van der Waals surface area contributed by atoms with Crippen molar-refractivity contribution >= 4 is 56.1 Å². The van der Waals surface area contributed by atoms with Crippen molar-refractivity contribution in [1.82, 2.24) is 0 Å². The average molecular weight is 329 g/mol. The first-order chi connectivity index (χ1) is 10.2. The van der Waals surface area contributed by atoms with E-state index in [1.54, 1.807) is 11.3 Å². The van der Waals surface area contributed by atoms with Gasteiger partial charge in [-0.25, -0.2) is 0 Å². The summed E-state index contributed by atoms with van der Waals surface area (Å²) in [5.74, 6) is 0. The van der Waals surface area contributed by atoms with Gasteiger partial charge < -0.3 is 0 Å². The third-order valence-corrected chi connectivity index (χ3v) is 5.10. The lowest BCUT2D eigenvalue weighted by Gasteiger charge is -2.08. The van der Waals surface area contributed by atoms with Gasteiger partial charge in [0.15, 0.2) is 0 Å². The zero-order chi connectivity index (χ0) is 14.4. The predicted molar refractivity (Wildman–Crippen MR) is 94.8 cm³/mol. The van der Waals surface area contributed by atoms with Gasteiger partial charge in [-0.1, -0.05) is 47.5 Å². The second kappa shape index (κ2) is 5.03. The van der Waals surface area contributed by atoms with E-state index in [1.165, 1.54) is 16.2 Å². The standard InChI is InChI=1S/C18H10Cl2S/c19-14-8-13-7-11-3-1-2-4-12(11)9-15(13)16(10-14)17-5-6-18(20)21-17/h1-10H. The molecular weight excluding hydrogens is 319 g/mol. The molecule has 0 bridgehead atoms. The van der Waals surface area contributed by atoms with E-state index in [9.17, 15) is 0 Å². The highest BCUT2D eigenvalue weighted by molar-refractivity contribution is 7.19. The first-order valence-corrected chi connectivity index (χ1v) is 8.16. The fourth-order valence-electron chi connectivity index (χ4n) is 2.68. The van der Waals surface area contributed by atoms with Gasteiger partial charge in [-0.05, 0) is 57.9 Å². The third-order valence-electron chi connectivity index (χ3n) is 3.62. The summed E-state index contributed by atoms with van der Waals surface area (Å²) < 4.78 is 0.791. The van der Waals surface area contributed by atoms with Crippen molar-refractivity contribution in [2.24, 2.45) is 0 Å². The van der Waals surface area contributed by atoms with Gasteiger partial charge >= 0.3 is 0 Å². The lowest BCUT2D eigenvalue weighted by atomic mass is 9.99. The van der Waals surface area contributed by atoms with E-state index >= 15 is 0 Å². The quantitative estimate of drug-likeness (QED) is 0.329. The monoisotopic (exact) mass is 328 g/mol. The number of thiophene rings is 1. The summed E-state index contributed by atoms with van der Waals surface area (Å²) in [6, 6.07) is 20.8. The summed E-state index contributed by atoms with van der Waals surface area (Å²) in [6.07, 6.45) is 0. The first-order valence-electron chi connectivity index (χ1n) is 6.58. The summed E-state index contributed by atoms with van der Waals surface area (Å²) >= 11 is 14.0. The molecule has 0 N–H and O–H groups in total. The van der Waals surface area contributed by atoms with Gasteiger partial charge in [0.05, 0.1) is 4.34 Å². The molecule has 0 saturated heterocycles. The molecule has 0 aliphatic rings. The molecule has 102 valence electrons. The molecule has 3 aromatic carbocycles. The third kappa shape index (κ3) is 2.32. The summed E-state index contributed by atoms with van der Waals surface area (Å²) in [7, 11) is 0. The molecule has 4 aromatic rings. The molecule has 0 spiro atoms. The second-order valence-corrected chi connectivity index (χ2v) is 7.13. The minimum absolute atomic E-state index is 0.748. The van der Waals surface area contributed by atoms with Crippen LogP contribution in [0.1, 0.15) is 0 Å². The molecule has 1 aromatic heterocycles. The predicted octanol–water partition coefficient (Wildman–Crippen LogP) is 7.03. The summed E-state index contributed by atoms with van der Waals surface area (Å²) in [4.78, 5) is 1.14. The van der Waals surface area contributed by atoms with Crippen molar-refractivity contribution in [3.05, 3.63) is 70.0 Å². The van der Waals surface area contributed by atoms with Crippen molar-refractivity contribution in [2.75, 3.05) is 0 Å². The molecule has 0 unspecified atom stereocenters. The van der Waals surface area contributed by atoms with Crippen LogP contribution >= 0.6 is 34.5 Å². The molecule has 0 aliphatic heterocycles. The average Bonchev–Trinajstić information content (AvgIpc) is 2.91. The summed E-state index contributed by atoms with van der Waals surface area (Å²) in [5, 5.41) is 5.56. The molecule has 0 nitrogen and oxygen atoms in total. The number of hydrogen-bond acceptors (Lipinski definition) is 1. The molecule has 3 heteroatoms. The number of hydrogen-bond donors (Lipinski definition) is 0. The van der Waals surface area contributed by atoms with Gasteiger partial charge in [0.1, 0.15) is 0 Å². The maximum Gasteiger partial charge on any atom is 0.0934 e. The van der Waals surface area contributed by atoms with E-state index in [4.69, 9.17) is 23.2 Å². The smallest absolute Gasteiger partial charge is 0.0934 e. The fraction of sp³-hybridized carbons (Fsp3) is 0. The van der Waals surface area contributed by atoms with Gasteiger partial charge in [-0.2, -0.15) is 0 Å². The van der Waals surface area contributed by atoms with Gasteiger partial charge in [-0.3, -0.25) is 0 Å². The number of benzene rings is 3. The van der Waals surface area contributed by atoms with Crippen LogP contribution in [-0.4, -0.2) is 0 Å². The highest BCUT2D eigenvalue weighted by Crippen LogP contribution is 2.38. The molecule has 1 heterocycles. The molecule has 0 amide bonds. The van der Waals surface area contributed by atoms with Crippen molar-refractivity contribution in [3.8, 4) is 10.4 Å². The molecule has 0 fully saturated rings. The van der Waals surface area contributed by atoms with E-state index in [0.717, 1.165) is 25.2 Å². The minimum atomic E-state index is 0.748. The SMILES string of the molecule is Clc1cc(-c2ccc(Cl)s2)c2cc3ccccc3cc2c1. The van der Waals surface area contributed by atoms with E-state index in [1.807, 2.05) is 24.3 Å². The van der Waals surface area contributed by atoms with Crippen LogP contribution in [0, 0.1) is 0 Å². The minimum Gasteiger partial charge on any atom is -0.123 e. The summed E-state index contributed by atoms with van der Waals surface area (Å²) in [5.41, 5.74) is 1.14. The second-order valence-electron chi connectivity index (χ2n) is 4.98. The molecule has 4 rings (SSSR count). The van der Waals surface area contributed by atoms with Crippen molar-refractivity contribution in [3.63, 3.8) is 0 Å². The fourth-order valence-corrected chi connectivity index (χ4v) is 3.98. The highest BCUT2D eigenvalue weighted by Gasteiger charge is 2.09. The first kappa shape index (κ1) is 13.1. The van der Waals surface area contributed by atoms with Crippen LogP contribution in [0.5, 0.6) is 0 Å². The Bertz CT molecular complexity index is 969. The van der Waals surface area contributed by atoms with Gasteiger partial charge in [-0.15, -0.1) is 11.3 Å². The number of rotatable bonds is 1. The molecule has 0 atom stereocenters. The van der Waals surface area contributed by atoms with Crippen LogP contribution in [0.15, 0.2) is 60.7 Å². The van der Waals surface area contributed by atoms with Crippen LogP contribution in [0.4, 0.5) is 0 Å².